The summed E-state index contributed by atoms with van der Waals surface area (Å²) in [5.74, 6) is 0.917. The summed E-state index contributed by atoms with van der Waals surface area (Å²) in [6.07, 6.45) is 7.34. The number of pyridine rings is 1. The van der Waals surface area contributed by atoms with Crippen LogP contribution in [0.3, 0.4) is 0 Å². The minimum Gasteiger partial charge on any atom is -0.487 e. The van der Waals surface area contributed by atoms with Crippen LogP contribution in [0, 0.1) is 0 Å². The predicted molar refractivity (Wildman–Crippen MR) is 135 cm³/mol. The Labute approximate surface area is 201 Å². The lowest BCUT2D eigenvalue weighted by molar-refractivity contribution is -0.0785. The normalized spacial score (nSPS) is 19.7. The molecule has 0 aliphatic carbocycles. The quantitative estimate of drug-likeness (QED) is 0.576. The van der Waals surface area contributed by atoms with Gasteiger partial charge in [0.2, 0.25) is 0 Å². The first-order chi connectivity index (χ1) is 16.8. The molecule has 0 radical (unpaired) electrons. The Morgan fingerprint density at radius 2 is 1.91 bits per heavy atom. The van der Waals surface area contributed by atoms with E-state index in [1.165, 1.54) is 22.3 Å². The van der Waals surface area contributed by atoms with Gasteiger partial charge >= 0.3 is 0 Å². The fourth-order valence-electron chi connectivity index (χ4n) is 5.66. The number of nitrogens with one attached hydrogen (secondary N) is 1. The van der Waals surface area contributed by atoms with Gasteiger partial charge < -0.3 is 19.7 Å². The molecule has 4 heterocycles. The van der Waals surface area contributed by atoms with E-state index in [1.54, 1.807) is 0 Å². The molecule has 0 bridgehead atoms. The Hall–Kier alpha value is -3.15. The summed E-state index contributed by atoms with van der Waals surface area (Å²) in [4.78, 5) is 7.18. The fourth-order valence-corrected chi connectivity index (χ4v) is 5.66. The van der Waals surface area contributed by atoms with Crippen LogP contribution in [-0.4, -0.2) is 36.6 Å². The van der Waals surface area contributed by atoms with Crippen molar-refractivity contribution >= 4 is 11.3 Å². The van der Waals surface area contributed by atoms with Crippen molar-refractivity contribution in [2.45, 2.75) is 38.1 Å². The molecular formula is C29H31N3O2. The molecule has 3 aromatic rings. The molecular weight excluding hydrogens is 422 g/mol. The van der Waals surface area contributed by atoms with E-state index in [0.29, 0.717) is 6.61 Å². The first kappa shape index (κ1) is 21.4. The van der Waals surface area contributed by atoms with Gasteiger partial charge in [0.05, 0.1) is 17.9 Å². The highest BCUT2D eigenvalue weighted by Crippen LogP contribution is 2.44. The third-order valence-corrected chi connectivity index (χ3v) is 7.57. The van der Waals surface area contributed by atoms with Gasteiger partial charge in [0.25, 0.3) is 0 Å². The highest BCUT2D eigenvalue weighted by atomic mass is 16.5. The van der Waals surface area contributed by atoms with E-state index >= 15 is 0 Å². The van der Waals surface area contributed by atoms with Gasteiger partial charge in [0, 0.05) is 49.7 Å². The smallest absolute Gasteiger partial charge is 0.131 e. The van der Waals surface area contributed by atoms with Crippen LogP contribution in [0.2, 0.25) is 0 Å². The van der Waals surface area contributed by atoms with E-state index < -0.39 is 0 Å². The maximum absolute atomic E-state index is 6.35. The summed E-state index contributed by atoms with van der Waals surface area (Å²) in [6.45, 7) is 4.43. The summed E-state index contributed by atoms with van der Waals surface area (Å²) < 4.78 is 12.5. The number of rotatable bonds is 4. The highest BCUT2D eigenvalue weighted by Gasteiger charge is 2.42. The molecule has 6 rings (SSSR count). The second-order valence-corrected chi connectivity index (χ2v) is 9.44. The topological polar surface area (TPSA) is 46.6 Å². The van der Waals surface area contributed by atoms with Crippen molar-refractivity contribution in [3.63, 3.8) is 0 Å². The molecule has 5 heteroatoms. The van der Waals surface area contributed by atoms with Crippen LogP contribution in [0.4, 0.5) is 5.69 Å². The van der Waals surface area contributed by atoms with Gasteiger partial charge in [-0.1, -0.05) is 36.4 Å². The van der Waals surface area contributed by atoms with Crippen LogP contribution in [0.25, 0.3) is 5.57 Å². The third kappa shape index (κ3) is 3.79. The van der Waals surface area contributed by atoms with Crippen molar-refractivity contribution in [2.75, 3.05) is 32.0 Å². The number of nitrogens with zero attached hydrogens (tertiary/aromatic N) is 2. The summed E-state index contributed by atoms with van der Waals surface area (Å²) in [7, 11) is 1.95. The molecule has 174 valence electrons. The average molecular weight is 454 g/mol. The SMILES string of the molecule is CNc1ccc2c(c1)C(=CCCN1CCC3(CC1)OCc1ccccc13)c1cccnc1CO2. The van der Waals surface area contributed by atoms with E-state index in [0.717, 1.165) is 68.2 Å². The molecule has 0 atom stereocenters. The minimum atomic E-state index is -0.0721. The van der Waals surface area contributed by atoms with Gasteiger partial charge in [-0.2, -0.15) is 0 Å². The molecule has 0 amide bonds. The molecule has 1 N–H and O–H groups in total. The van der Waals surface area contributed by atoms with Gasteiger partial charge in [0.15, 0.2) is 0 Å². The molecule has 1 saturated heterocycles. The van der Waals surface area contributed by atoms with Crippen molar-refractivity contribution in [1.82, 2.24) is 9.88 Å². The van der Waals surface area contributed by atoms with Gasteiger partial charge in [0.1, 0.15) is 12.4 Å². The van der Waals surface area contributed by atoms with E-state index in [9.17, 15) is 0 Å². The molecule has 3 aliphatic heterocycles. The molecule has 1 aromatic heterocycles. The lowest BCUT2D eigenvalue weighted by Gasteiger charge is -2.39. The zero-order valence-electron chi connectivity index (χ0n) is 19.7. The van der Waals surface area contributed by atoms with Crippen LogP contribution in [0.1, 0.15) is 47.2 Å². The number of benzene rings is 2. The first-order valence-corrected chi connectivity index (χ1v) is 12.3. The molecule has 3 aliphatic rings. The van der Waals surface area contributed by atoms with Crippen molar-refractivity contribution in [2.24, 2.45) is 0 Å². The van der Waals surface area contributed by atoms with E-state index in [2.05, 4.69) is 69.8 Å². The first-order valence-electron chi connectivity index (χ1n) is 12.3. The summed E-state index contributed by atoms with van der Waals surface area (Å²) >= 11 is 0. The molecule has 2 aromatic carbocycles. The van der Waals surface area contributed by atoms with Crippen molar-refractivity contribution in [3.05, 3.63) is 94.8 Å². The molecule has 34 heavy (non-hydrogen) atoms. The lowest BCUT2D eigenvalue weighted by atomic mass is 9.84. The Morgan fingerprint density at radius 1 is 1.03 bits per heavy atom. The van der Waals surface area contributed by atoms with Gasteiger partial charge in [-0.3, -0.25) is 4.98 Å². The van der Waals surface area contributed by atoms with Crippen LogP contribution in [0.15, 0.2) is 66.9 Å². The number of ether oxygens (including phenoxy) is 2. The standard InChI is InChI=1S/C29H31N3O2/c1-30-22-10-11-28-25(18-22)23(24-7-4-14-31-27(24)20-33-28)8-5-15-32-16-12-29(13-17-32)26-9-3-2-6-21(26)19-34-29/h2-4,6-11,14,18,30H,5,12-13,15-17,19-20H2,1H3. The molecule has 0 saturated carbocycles. The van der Waals surface area contributed by atoms with Gasteiger partial charge in [-0.05, 0) is 60.2 Å². The van der Waals surface area contributed by atoms with Crippen LogP contribution in [0.5, 0.6) is 5.75 Å². The molecule has 0 unspecified atom stereocenters. The second-order valence-electron chi connectivity index (χ2n) is 9.44. The third-order valence-electron chi connectivity index (χ3n) is 7.57. The van der Waals surface area contributed by atoms with Crippen molar-refractivity contribution in [1.29, 1.82) is 0 Å². The second kappa shape index (κ2) is 8.90. The van der Waals surface area contributed by atoms with E-state index in [1.807, 2.05) is 19.3 Å². The number of hydrogen-bond acceptors (Lipinski definition) is 5. The Morgan fingerprint density at radius 3 is 2.79 bits per heavy atom. The predicted octanol–water partition coefficient (Wildman–Crippen LogP) is 5.36. The minimum absolute atomic E-state index is 0.0721. The number of aromatic nitrogens is 1. The van der Waals surface area contributed by atoms with E-state index in [4.69, 9.17) is 9.47 Å². The van der Waals surface area contributed by atoms with Crippen LogP contribution < -0.4 is 10.1 Å². The lowest BCUT2D eigenvalue weighted by Crippen LogP contribution is -2.42. The zero-order valence-corrected chi connectivity index (χ0v) is 19.7. The molecule has 5 nitrogen and oxygen atoms in total. The fraction of sp³-hybridized carbons (Fsp3) is 0.345. The Bertz CT molecular complexity index is 1230. The Kier molecular flexibility index (Phi) is 5.60. The maximum Gasteiger partial charge on any atom is 0.131 e. The van der Waals surface area contributed by atoms with Gasteiger partial charge in [-0.15, -0.1) is 0 Å². The summed E-state index contributed by atoms with van der Waals surface area (Å²) in [5.41, 5.74) is 8.30. The Balaban J connectivity index is 1.20. The van der Waals surface area contributed by atoms with Crippen LogP contribution in [-0.2, 0) is 23.6 Å². The van der Waals surface area contributed by atoms with Gasteiger partial charge in [-0.25, -0.2) is 0 Å². The largest absolute Gasteiger partial charge is 0.487 e. The summed E-state index contributed by atoms with van der Waals surface area (Å²) in [6, 6.07) is 19.2. The number of anilines is 1. The number of hydrogen-bond donors (Lipinski definition) is 1. The van der Waals surface area contributed by atoms with Crippen molar-refractivity contribution in [3.8, 4) is 5.75 Å². The monoisotopic (exact) mass is 453 g/mol. The van der Waals surface area contributed by atoms with E-state index in [-0.39, 0.29) is 5.60 Å². The number of fused-ring (bicyclic) bond motifs is 4. The summed E-state index contributed by atoms with van der Waals surface area (Å²) in [5, 5.41) is 3.26. The van der Waals surface area contributed by atoms with Crippen LogP contribution >= 0.6 is 0 Å². The number of likely N-dealkylation sites (tertiary alicyclic amines) is 1. The zero-order chi connectivity index (χ0) is 23.0. The average Bonchev–Trinajstić information content (AvgIpc) is 3.16. The molecule has 1 fully saturated rings. The maximum atomic E-state index is 6.35. The number of piperidine rings is 1. The highest BCUT2D eigenvalue weighted by molar-refractivity contribution is 5.85. The molecule has 1 spiro atoms. The van der Waals surface area contributed by atoms with Crippen molar-refractivity contribution < 1.29 is 9.47 Å².